The van der Waals surface area contributed by atoms with Gasteiger partial charge >= 0.3 is 6.03 Å². The van der Waals surface area contributed by atoms with Gasteiger partial charge in [0.05, 0.1) is 10.6 Å². The second-order valence-corrected chi connectivity index (χ2v) is 8.17. The van der Waals surface area contributed by atoms with E-state index in [0.717, 1.165) is 11.6 Å². The van der Waals surface area contributed by atoms with E-state index in [1.807, 2.05) is 0 Å². The van der Waals surface area contributed by atoms with Crippen molar-refractivity contribution in [2.45, 2.75) is 6.61 Å². The first-order chi connectivity index (χ1) is 16.7. The van der Waals surface area contributed by atoms with Crippen molar-refractivity contribution in [2.75, 3.05) is 4.90 Å². The van der Waals surface area contributed by atoms with Gasteiger partial charge in [0.15, 0.2) is 0 Å². The molecule has 1 fully saturated rings. The monoisotopic (exact) mass is 511 g/mol. The first kappa shape index (κ1) is 23.9. The van der Waals surface area contributed by atoms with E-state index in [1.165, 1.54) is 24.3 Å². The number of nitrogens with zero attached hydrogens (tertiary/aromatic N) is 2. The fourth-order valence-electron chi connectivity index (χ4n) is 3.26. The Hall–Kier alpha value is -4.21. The molecule has 0 radical (unpaired) electrons. The van der Waals surface area contributed by atoms with Crippen molar-refractivity contribution < 1.29 is 24.0 Å². The first-order valence-corrected chi connectivity index (χ1v) is 10.8. The van der Waals surface area contributed by atoms with E-state index in [0.29, 0.717) is 26.3 Å². The number of nitro benzene ring substituents is 1. The van der Waals surface area contributed by atoms with Crippen molar-refractivity contribution in [2.24, 2.45) is 0 Å². The maximum absolute atomic E-state index is 13.0. The Kier molecular flexibility index (Phi) is 6.81. The number of barbiturate groups is 1. The van der Waals surface area contributed by atoms with Crippen molar-refractivity contribution in [3.05, 3.63) is 104 Å². The molecule has 1 aliphatic heterocycles. The number of carbonyl (C=O) groups excluding carboxylic acids is 3. The van der Waals surface area contributed by atoms with Gasteiger partial charge in [-0.1, -0.05) is 47.5 Å². The Balaban J connectivity index is 1.53. The third kappa shape index (κ3) is 5.32. The molecule has 0 aliphatic carbocycles. The number of ether oxygens (including phenoxy) is 1. The topological polar surface area (TPSA) is 119 Å². The molecule has 4 amide bonds. The molecule has 4 rings (SSSR count). The van der Waals surface area contributed by atoms with E-state index in [-0.39, 0.29) is 23.6 Å². The molecule has 0 aromatic heterocycles. The van der Waals surface area contributed by atoms with Gasteiger partial charge in [0, 0.05) is 27.7 Å². The lowest BCUT2D eigenvalue weighted by Gasteiger charge is -2.26. The fourth-order valence-corrected chi connectivity index (χ4v) is 3.73. The molecule has 0 atom stereocenters. The Bertz CT molecular complexity index is 1390. The van der Waals surface area contributed by atoms with Gasteiger partial charge in [-0.25, -0.2) is 9.69 Å². The van der Waals surface area contributed by atoms with Crippen LogP contribution in [0.15, 0.2) is 72.3 Å². The first-order valence-electron chi connectivity index (χ1n) is 10.1. The van der Waals surface area contributed by atoms with E-state index in [2.05, 4.69) is 5.32 Å². The highest BCUT2D eigenvalue weighted by Gasteiger charge is 2.37. The number of imide groups is 2. The van der Waals surface area contributed by atoms with Crippen molar-refractivity contribution in [3.63, 3.8) is 0 Å². The van der Waals surface area contributed by atoms with Crippen LogP contribution in [0, 0.1) is 10.1 Å². The smallest absolute Gasteiger partial charge is 0.335 e. The number of carbonyl (C=O) groups is 3. The summed E-state index contributed by atoms with van der Waals surface area (Å²) in [6.07, 6.45) is 1.31. The predicted molar refractivity (Wildman–Crippen MR) is 129 cm³/mol. The molecule has 3 aromatic rings. The number of benzene rings is 3. The molecule has 0 saturated carbocycles. The minimum atomic E-state index is -0.998. The number of non-ortho nitro benzene ring substituents is 1. The maximum Gasteiger partial charge on any atom is 0.335 e. The maximum atomic E-state index is 13.0. The Morgan fingerprint density at radius 3 is 2.43 bits per heavy atom. The Morgan fingerprint density at radius 1 is 1.00 bits per heavy atom. The molecule has 1 saturated heterocycles. The number of nitrogens with one attached hydrogen (secondary N) is 1. The van der Waals surface area contributed by atoms with Crippen LogP contribution < -0.4 is 15.0 Å². The van der Waals surface area contributed by atoms with E-state index in [4.69, 9.17) is 27.9 Å². The summed E-state index contributed by atoms with van der Waals surface area (Å²) in [5.41, 5.74) is 0.592. The molecule has 176 valence electrons. The fraction of sp³-hybridized carbons (Fsp3) is 0.0417. The molecular formula is C24H15Cl2N3O6. The average Bonchev–Trinajstić information content (AvgIpc) is 2.82. The molecule has 3 aromatic carbocycles. The number of amides is 4. The molecule has 0 unspecified atom stereocenters. The SMILES string of the molecule is O=C1NC(=O)N(c2cccc([N+](=O)[O-])c2)C(=O)/C1=C/c1ccc(OCc2ccc(Cl)cc2Cl)cc1. The van der Waals surface area contributed by atoms with E-state index in [1.54, 1.807) is 42.5 Å². The minimum Gasteiger partial charge on any atom is -0.489 e. The summed E-state index contributed by atoms with van der Waals surface area (Å²) in [5, 5.41) is 14.1. The normalized spacial score (nSPS) is 14.7. The van der Waals surface area contributed by atoms with Crippen LogP contribution in [-0.4, -0.2) is 22.8 Å². The Labute approximate surface area is 208 Å². The summed E-state index contributed by atoms with van der Waals surface area (Å²) in [6.45, 7) is 0.206. The van der Waals surface area contributed by atoms with E-state index >= 15 is 0 Å². The van der Waals surface area contributed by atoms with Crippen LogP contribution in [0.3, 0.4) is 0 Å². The zero-order valence-electron chi connectivity index (χ0n) is 17.7. The highest BCUT2D eigenvalue weighted by atomic mass is 35.5. The quantitative estimate of drug-likeness (QED) is 0.211. The molecule has 9 nitrogen and oxygen atoms in total. The van der Waals surface area contributed by atoms with Gasteiger partial charge in [0.1, 0.15) is 17.9 Å². The van der Waals surface area contributed by atoms with Crippen LogP contribution in [0.1, 0.15) is 11.1 Å². The second kappa shape index (κ2) is 9.96. The molecular weight excluding hydrogens is 497 g/mol. The molecule has 1 N–H and O–H groups in total. The van der Waals surface area contributed by atoms with Gasteiger partial charge in [-0.05, 0) is 42.0 Å². The number of urea groups is 1. The number of rotatable bonds is 6. The van der Waals surface area contributed by atoms with Crippen LogP contribution in [0.2, 0.25) is 10.0 Å². The summed E-state index contributed by atoms with van der Waals surface area (Å²) in [4.78, 5) is 48.7. The molecule has 1 aliphatic rings. The molecule has 0 bridgehead atoms. The number of hydrogen-bond acceptors (Lipinski definition) is 6. The van der Waals surface area contributed by atoms with Crippen LogP contribution in [0.5, 0.6) is 5.75 Å². The van der Waals surface area contributed by atoms with Crippen LogP contribution in [0.4, 0.5) is 16.2 Å². The number of hydrogen-bond donors (Lipinski definition) is 1. The van der Waals surface area contributed by atoms with Gasteiger partial charge in [0.2, 0.25) is 0 Å². The van der Waals surface area contributed by atoms with Gasteiger partial charge in [-0.2, -0.15) is 0 Å². The highest BCUT2D eigenvalue weighted by Crippen LogP contribution is 2.26. The second-order valence-electron chi connectivity index (χ2n) is 7.33. The van der Waals surface area contributed by atoms with Crippen LogP contribution >= 0.6 is 23.2 Å². The van der Waals surface area contributed by atoms with Crippen LogP contribution in [0.25, 0.3) is 6.08 Å². The molecule has 35 heavy (non-hydrogen) atoms. The number of halogens is 2. The molecule has 1 heterocycles. The lowest BCUT2D eigenvalue weighted by atomic mass is 10.1. The van der Waals surface area contributed by atoms with Gasteiger partial charge in [-0.3, -0.25) is 25.0 Å². The van der Waals surface area contributed by atoms with E-state index in [9.17, 15) is 24.5 Å². The number of anilines is 1. The Morgan fingerprint density at radius 2 is 1.74 bits per heavy atom. The zero-order chi connectivity index (χ0) is 25.1. The summed E-state index contributed by atoms with van der Waals surface area (Å²) in [5.74, 6) is -1.26. The molecule has 0 spiro atoms. The summed E-state index contributed by atoms with van der Waals surface area (Å²) in [7, 11) is 0. The highest BCUT2D eigenvalue weighted by molar-refractivity contribution is 6.39. The largest absolute Gasteiger partial charge is 0.489 e. The van der Waals surface area contributed by atoms with Crippen molar-refractivity contribution in [1.29, 1.82) is 0 Å². The number of nitro groups is 1. The van der Waals surface area contributed by atoms with E-state index < -0.39 is 22.8 Å². The van der Waals surface area contributed by atoms with Gasteiger partial charge < -0.3 is 4.74 Å². The lowest BCUT2D eigenvalue weighted by Crippen LogP contribution is -2.54. The van der Waals surface area contributed by atoms with Gasteiger partial charge in [-0.15, -0.1) is 0 Å². The summed E-state index contributed by atoms with van der Waals surface area (Å²) >= 11 is 12.0. The zero-order valence-corrected chi connectivity index (χ0v) is 19.2. The van der Waals surface area contributed by atoms with Gasteiger partial charge in [0.25, 0.3) is 17.5 Å². The predicted octanol–water partition coefficient (Wildman–Crippen LogP) is 5.15. The van der Waals surface area contributed by atoms with Crippen LogP contribution in [-0.2, 0) is 16.2 Å². The standard InChI is InChI=1S/C24H15Cl2N3O6/c25-16-7-6-15(21(26)11-16)13-35-19-8-4-14(5-9-19)10-20-22(30)27-24(32)28(23(20)31)17-2-1-3-18(12-17)29(33)34/h1-12H,13H2,(H,27,30,32)/b20-10+. The summed E-state index contributed by atoms with van der Waals surface area (Å²) < 4.78 is 5.72. The third-order valence-electron chi connectivity index (χ3n) is 5.00. The van der Waals surface area contributed by atoms with Crippen molar-refractivity contribution >= 4 is 58.5 Å². The van der Waals surface area contributed by atoms with Crippen molar-refractivity contribution in [1.82, 2.24) is 5.32 Å². The van der Waals surface area contributed by atoms with Crippen molar-refractivity contribution in [3.8, 4) is 5.75 Å². The third-order valence-corrected chi connectivity index (χ3v) is 5.59. The lowest BCUT2D eigenvalue weighted by molar-refractivity contribution is -0.384. The average molecular weight is 512 g/mol. The molecule has 11 heteroatoms. The minimum absolute atomic E-state index is 0.0373. The summed E-state index contributed by atoms with van der Waals surface area (Å²) in [6, 6.07) is 15.6.